The Bertz CT molecular complexity index is 515. The second-order valence-corrected chi connectivity index (χ2v) is 5.13. The van der Waals surface area contributed by atoms with Gasteiger partial charge < -0.3 is 0 Å². The summed E-state index contributed by atoms with van der Waals surface area (Å²) in [6.07, 6.45) is 0.222. The highest BCUT2D eigenvalue weighted by Crippen LogP contribution is 2.10. The maximum Gasteiger partial charge on any atom is 0.238 e. The van der Waals surface area contributed by atoms with Gasteiger partial charge >= 0.3 is 0 Å². The molecule has 1 aromatic carbocycles. The van der Waals surface area contributed by atoms with Crippen molar-refractivity contribution in [3.05, 3.63) is 42.0 Å². The molecular formula is C11H13NO3S. The SMILES string of the molecule is C=C(C)C(=O)Cc1ccc(S(N)(=O)=O)cc1. The number of hydrogen-bond acceptors (Lipinski definition) is 3. The van der Waals surface area contributed by atoms with Crippen LogP contribution in [0.2, 0.25) is 0 Å². The first-order valence-electron chi connectivity index (χ1n) is 4.61. The molecule has 5 heteroatoms. The lowest BCUT2D eigenvalue weighted by Crippen LogP contribution is -2.12. The summed E-state index contributed by atoms with van der Waals surface area (Å²) in [6, 6.07) is 5.91. The lowest BCUT2D eigenvalue weighted by Gasteiger charge is -2.02. The van der Waals surface area contributed by atoms with Gasteiger partial charge in [-0.2, -0.15) is 0 Å². The molecule has 0 radical (unpaired) electrons. The summed E-state index contributed by atoms with van der Waals surface area (Å²) in [6.45, 7) is 5.18. The second-order valence-electron chi connectivity index (χ2n) is 3.57. The number of carbonyl (C=O) groups excluding carboxylic acids is 1. The van der Waals surface area contributed by atoms with Crippen molar-refractivity contribution in [1.29, 1.82) is 0 Å². The smallest absolute Gasteiger partial charge is 0.238 e. The van der Waals surface area contributed by atoms with E-state index in [0.717, 1.165) is 5.56 Å². The van der Waals surface area contributed by atoms with Gasteiger partial charge in [-0.1, -0.05) is 18.7 Å². The molecule has 0 saturated heterocycles. The van der Waals surface area contributed by atoms with Crippen LogP contribution in [0.1, 0.15) is 12.5 Å². The first-order valence-corrected chi connectivity index (χ1v) is 6.16. The molecule has 0 amide bonds. The van der Waals surface area contributed by atoms with E-state index in [1.807, 2.05) is 0 Å². The summed E-state index contributed by atoms with van der Waals surface area (Å²) < 4.78 is 21.9. The molecule has 0 bridgehead atoms. The molecule has 4 nitrogen and oxygen atoms in total. The molecule has 0 atom stereocenters. The minimum absolute atomic E-state index is 0.0408. The number of nitrogens with two attached hydrogens (primary N) is 1. The summed E-state index contributed by atoms with van der Waals surface area (Å²) in [5.74, 6) is -0.0663. The molecule has 0 spiro atoms. The number of allylic oxidation sites excluding steroid dienone is 1. The van der Waals surface area contributed by atoms with Gasteiger partial charge in [-0.3, -0.25) is 4.79 Å². The standard InChI is InChI=1S/C11H13NO3S/c1-8(2)11(13)7-9-3-5-10(6-4-9)16(12,14)15/h3-6H,1,7H2,2H3,(H2,12,14,15). The number of benzene rings is 1. The fraction of sp³-hybridized carbons (Fsp3) is 0.182. The Kier molecular flexibility index (Phi) is 3.62. The predicted octanol–water partition coefficient (Wildman–Crippen LogP) is 1.02. The summed E-state index contributed by atoms with van der Waals surface area (Å²) in [5, 5.41) is 4.95. The Morgan fingerprint density at radius 1 is 1.31 bits per heavy atom. The number of carbonyl (C=O) groups is 1. The van der Waals surface area contributed by atoms with Crippen LogP contribution in [0.4, 0.5) is 0 Å². The van der Waals surface area contributed by atoms with Crippen LogP contribution in [0.25, 0.3) is 0 Å². The van der Waals surface area contributed by atoms with E-state index >= 15 is 0 Å². The lowest BCUT2D eigenvalue weighted by molar-refractivity contribution is -0.114. The summed E-state index contributed by atoms with van der Waals surface area (Å²) in [4.78, 5) is 11.4. The average Bonchev–Trinajstić information content (AvgIpc) is 2.17. The largest absolute Gasteiger partial charge is 0.294 e. The van der Waals surface area contributed by atoms with Gasteiger partial charge in [0.15, 0.2) is 5.78 Å². The molecular weight excluding hydrogens is 226 g/mol. The zero-order valence-electron chi connectivity index (χ0n) is 8.93. The van der Waals surface area contributed by atoms with Crippen molar-refractivity contribution in [2.24, 2.45) is 5.14 Å². The van der Waals surface area contributed by atoms with Crippen LogP contribution in [0.5, 0.6) is 0 Å². The number of sulfonamides is 1. The van der Waals surface area contributed by atoms with Gasteiger partial charge in [0.05, 0.1) is 4.90 Å². The van der Waals surface area contributed by atoms with Crippen LogP contribution < -0.4 is 5.14 Å². The maximum atomic E-state index is 11.4. The zero-order valence-corrected chi connectivity index (χ0v) is 9.75. The highest BCUT2D eigenvalue weighted by Gasteiger charge is 2.08. The van der Waals surface area contributed by atoms with Gasteiger partial charge in [0.1, 0.15) is 0 Å². The highest BCUT2D eigenvalue weighted by molar-refractivity contribution is 7.89. The minimum atomic E-state index is -3.67. The number of primary sulfonamides is 1. The number of Topliss-reactive ketones (excluding diaryl/α,β-unsaturated/α-hetero) is 1. The van der Waals surface area contributed by atoms with E-state index in [0.29, 0.717) is 5.57 Å². The molecule has 0 aromatic heterocycles. The Balaban J connectivity index is 2.88. The quantitative estimate of drug-likeness (QED) is 0.797. The van der Waals surface area contributed by atoms with Crippen LogP contribution in [0.3, 0.4) is 0 Å². The van der Waals surface area contributed by atoms with Crippen molar-refractivity contribution in [2.75, 3.05) is 0 Å². The summed E-state index contributed by atoms with van der Waals surface area (Å²) in [5.41, 5.74) is 1.22. The van der Waals surface area contributed by atoms with Gasteiger partial charge in [-0.05, 0) is 30.2 Å². The molecule has 16 heavy (non-hydrogen) atoms. The van der Waals surface area contributed by atoms with Crippen molar-refractivity contribution >= 4 is 15.8 Å². The molecule has 1 aromatic rings. The molecule has 0 aliphatic heterocycles. The van der Waals surface area contributed by atoms with Crippen molar-refractivity contribution in [3.63, 3.8) is 0 Å². The van der Waals surface area contributed by atoms with Crippen molar-refractivity contribution < 1.29 is 13.2 Å². The van der Waals surface area contributed by atoms with Crippen LogP contribution in [0.15, 0.2) is 41.3 Å². The summed E-state index contributed by atoms with van der Waals surface area (Å²) in [7, 11) is -3.67. The first kappa shape index (κ1) is 12.6. The highest BCUT2D eigenvalue weighted by atomic mass is 32.2. The van der Waals surface area contributed by atoms with Crippen LogP contribution in [-0.2, 0) is 21.2 Å². The fourth-order valence-electron chi connectivity index (χ4n) is 1.13. The molecule has 1 rings (SSSR count). The number of ketones is 1. The maximum absolute atomic E-state index is 11.4. The van der Waals surface area contributed by atoms with Gasteiger partial charge in [-0.25, -0.2) is 13.6 Å². The van der Waals surface area contributed by atoms with Crippen LogP contribution in [0, 0.1) is 0 Å². The van der Waals surface area contributed by atoms with E-state index in [4.69, 9.17) is 5.14 Å². The Morgan fingerprint density at radius 3 is 2.19 bits per heavy atom. The predicted molar refractivity (Wildman–Crippen MR) is 61.3 cm³/mol. The zero-order chi connectivity index (χ0) is 12.3. The number of hydrogen-bond donors (Lipinski definition) is 1. The topological polar surface area (TPSA) is 77.2 Å². The molecule has 0 aliphatic rings. The second kappa shape index (κ2) is 4.59. The Labute approximate surface area is 94.8 Å². The molecule has 0 saturated carbocycles. The molecule has 0 aliphatic carbocycles. The van der Waals surface area contributed by atoms with Gasteiger partial charge in [0.2, 0.25) is 10.0 Å². The van der Waals surface area contributed by atoms with E-state index in [1.165, 1.54) is 12.1 Å². The molecule has 2 N–H and O–H groups in total. The molecule has 0 heterocycles. The third-order valence-electron chi connectivity index (χ3n) is 2.09. The average molecular weight is 239 g/mol. The molecule has 0 fully saturated rings. The van der Waals surface area contributed by atoms with Gasteiger partial charge in [-0.15, -0.1) is 0 Å². The van der Waals surface area contributed by atoms with Crippen molar-refractivity contribution in [3.8, 4) is 0 Å². The number of rotatable bonds is 4. The van der Waals surface area contributed by atoms with E-state index < -0.39 is 10.0 Å². The lowest BCUT2D eigenvalue weighted by atomic mass is 10.1. The molecule has 0 unspecified atom stereocenters. The normalized spacial score (nSPS) is 11.1. The van der Waals surface area contributed by atoms with Crippen molar-refractivity contribution in [2.45, 2.75) is 18.2 Å². The fourth-order valence-corrected chi connectivity index (χ4v) is 1.65. The minimum Gasteiger partial charge on any atom is -0.294 e. The van der Waals surface area contributed by atoms with Gasteiger partial charge in [0, 0.05) is 6.42 Å². The monoisotopic (exact) mass is 239 g/mol. The van der Waals surface area contributed by atoms with Crippen LogP contribution >= 0.6 is 0 Å². The van der Waals surface area contributed by atoms with Gasteiger partial charge in [0.25, 0.3) is 0 Å². The third kappa shape index (κ3) is 3.29. The van der Waals surface area contributed by atoms with E-state index in [2.05, 4.69) is 6.58 Å². The molecule has 86 valence electrons. The third-order valence-corrected chi connectivity index (χ3v) is 3.02. The Morgan fingerprint density at radius 2 is 1.81 bits per heavy atom. The van der Waals surface area contributed by atoms with E-state index in [-0.39, 0.29) is 17.1 Å². The first-order chi connectivity index (χ1) is 7.30. The van der Waals surface area contributed by atoms with E-state index in [1.54, 1.807) is 19.1 Å². The van der Waals surface area contributed by atoms with Crippen molar-refractivity contribution in [1.82, 2.24) is 0 Å². The van der Waals surface area contributed by atoms with E-state index in [9.17, 15) is 13.2 Å². The summed E-state index contributed by atoms with van der Waals surface area (Å²) >= 11 is 0. The Hall–Kier alpha value is -1.46. The van der Waals surface area contributed by atoms with Crippen LogP contribution in [-0.4, -0.2) is 14.2 Å².